The van der Waals surface area contributed by atoms with Crippen molar-refractivity contribution >= 4 is 0 Å². The Morgan fingerprint density at radius 3 is 2.67 bits per heavy atom. The third-order valence-electron chi connectivity index (χ3n) is 2.12. The van der Waals surface area contributed by atoms with Gasteiger partial charge in [0.1, 0.15) is 12.4 Å². The Labute approximate surface area is 91.4 Å². The molecular weight excluding hydrogens is 190 g/mol. The molecule has 3 nitrogen and oxygen atoms in total. The largest absolute Gasteiger partial charge is 0.492 e. The molecule has 0 aliphatic carbocycles. The summed E-state index contributed by atoms with van der Waals surface area (Å²) in [5, 5.41) is 3.26. The lowest BCUT2D eigenvalue weighted by Gasteiger charge is -2.11. The number of hydrogen-bond donors (Lipinski definition) is 1. The third-order valence-corrected chi connectivity index (χ3v) is 2.12. The van der Waals surface area contributed by atoms with Gasteiger partial charge in [0.2, 0.25) is 0 Å². The van der Waals surface area contributed by atoms with E-state index < -0.39 is 0 Å². The summed E-state index contributed by atoms with van der Waals surface area (Å²) < 4.78 is 10.6. The highest BCUT2D eigenvalue weighted by Gasteiger charge is 1.97. The van der Waals surface area contributed by atoms with Crippen molar-refractivity contribution in [1.82, 2.24) is 5.32 Å². The van der Waals surface area contributed by atoms with Crippen molar-refractivity contribution in [2.45, 2.75) is 13.0 Å². The van der Waals surface area contributed by atoms with E-state index in [2.05, 4.69) is 5.32 Å². The molecule has 0 saturated heterocycles. The zero-order chi connectivity index (χ0) is 10.9. The first kappa shape index (κ1) is 12.0. The van der Waals surface area contributed by atoms with Gasteiger partial charge >= 0.3 is 0 Å². The minimum atomic E-state index is 0.252. The van der Waals surface area contributed by atoms with Gasteiger partial charge in [0.25, 0.3) is 0 Å². The van der Waals surface area contributed by atoms with E-state index in [4.69, 9.17) is 9.47 Å². The summed E-state index contributed by atoms with van der Waals surface area (Å²) in [5.74, 6) is 0.916. The van der Waals surface area contributed by atoms with Crippen LogP contribution in [-0.2, 0) is 4.74 Å². The lowest BCUT2D eigenvalue weighted by molar-refractivity contribution is 0.116. The maximum atomic E-state index is 5.52. The molecule has 0 amide bonds. The fourth-order valence-electron chi connectivity index (χ4n) is 1.15. The first-order chi connectivity index (χ1) is 7.33. The highest BCUT2D eigenvalue weighted by atomic mass is 16.5. The Morgan fingerprint density at radius 2 is 2.00 bits per heavy atom. The molecule has 1 unspecified atom stereocenters. The smallest absolute Gasteiger partial charge is 0.119 e. The number of rotatable bonds is 7. The summed E-state index contributed by atoms with van der Waals surface area (Å²) in [5.41, 5.74) is 0. The van der Waals surface area contributed by atoms with E-state index in [0.29, 0.717) is 6.61 Å². The summed E-state index contributed by atoms with van der Waals surface area (Å²) >= 11 is 0. The zero-order valence-corrected chi connectivity index (χ0v) is 9.40. The standard InChI is InChI=1S/C12H19NO2/c1-11(14-2)10-13-8-9-15-12-6-4-3-5-7-12/h3-7,11,13H,8-10H2,1-2H3. The number of nitrogens with one attached hydrogen (secondary N) is 1. The third kappa shape index (κ3) is 5.40. The summed E-state index contributed by atoms with van der Waals surface area (Å²) in [6, 6.07) is 9.83. The molecule has 15 heavy (non-hydrogen) atoms. The molecule has 0 radical (unpaired) electrons. The second-order valence-electron chi connectivity index (χ2n) is 3.41. The molecule has 0 fully saturated rings. The van der Waals surface area contributed by atoms with Crippen LogP contribution in [0.3, 0.4) is 0 Å². The molecule has 0 aliphatic heterocycles. The molecule has 1 aromatic rings. The molecule has 1 aromatic carbocycles. The van der Waals surface area contributed by atoms with Crippen molar-refractivity contribution in [3.63, 3.8) is 0 Å². The number of hydrogen-bond acceptors (Lipinski definition) is 3. The first-order valence-electron chi connectivity index (χ1n) is 5.24. The number of methoxy groups -OCH3 is 1. The highest BCUT2D eigenvalue weighted by Crippen LogP contribution is 2.07. The minimum absolute atomic E-state index is 0.252. The van der Waals surface area contributed by atoms with Gasteiger partial charge in [0.15, 0.2) is 0 Å². The van der Waals surface area contributed by atoms with Crippen molar-refractivity contribution in [2.24, 2.45) is 0 Å². The van der Waals surface area contributed by atoms with Crippen molar-refractivity contribution in [1.29, 1.82) is 0 Å². The van der Waals surface area contributed by atoms with Crippen LogP contribution >= 0.6 is 0 Å². The van der Waals surface area contributed by atoms with Gasteiger partial charge in [-0.15, -0.1) is 0 Å². The molecule has 1 rings (SSSR count). The number of benzene rings is 1. The molecule has 0 aromatic heterocycles. The summed E-state index contributed by atoms with van der Waals surface area (Å²) in [7, 11) is 1.72. The molecule has 0 heterocycles. The molecule has 0 bridgehead atoms. The quantitative estimate of drug-likeness (QED) is 0.693. The highest BCUT2D eigenvalue weighted by molar-refractivity contribution is 5.20. The van der Waals surface area contributed by atoms with Crippen molar-refractivity contribution < 1.29 is 9.47 Å². The first-order valence-corrected chi connectivity index (χ1v) is 5.24. The van der Waals surface area contributed by atoms with Crippen molar-refractivity contribution in [3.05, 3.63) is 30.3 Å². The summed E-state index contributed by atoms with van der Waals surface area (Å²) in [6.07, 6.45) is 0.252. The van der Waals surface area contributed by atoms with Gasteiger partial charge < -0.3 is 14.8 Å². The van der Waals surface area contributed by atoms with E-state index in [-0.39, 0.29) is 6.10 Å². The van der Waals surface area contributed by atoms with Crippen LogP contribution < -0.4 is 10.1 Å². The Kier molecular flexibility index (Phi) is 5.81. The summed E-state index contributed by atoms with van der Waals surface area (Å²) in [6.45, 7) is 4.41. The monoisotopic (exact) mass is 209 g/mol. The topological polar surface area (TPSA) is 30.5 Å². The van der Waals surface area contributed by atoms with E-state index in [1.165, 1.54) is 0 Å². The molecule has 1 atom stereocenters. The van der Waals surface area contributed by atoms with Gasteiger partial charge in [-0.1, -0.05) is 18.2 Å². The molecule has 0 aliphatic rings. The van der Waals surface area contributed by atoms with E-state index in [9.17, 15) is 0 Å². The second-order valence-corrected chi connectivity index (χ2v) is 3.41. The number of ether oxygens (including phenoxy) is 2. The minimum Gasteiger partial charge on any atom is -0.492 e. The van der Waals surface area contributed by atoms with Gasteiger partial charge in [-0.3, -0.25) is 0 Å². The van der Waals surface area contributed by atoms with Crippen LogP contribution in [0.1, 0.15) is 6.92 Å². The Bertz CT molecular complexity index is 251. The van der Waals surface area contributed by atoms with Crippen LogP contribution in [0.15, 0.2) is 30.3 Å². The molecular formula is C12H19NO2. The predicted molar refractivity (Wildman–Crippen MR) is 61.3 cm³/mol. The normalized spacial score (nSPS) is 12.4. The SMILES string of the molecule is COC(C)CNCCOc1ccccc1. The predicted octanol–water partition coefficient (Wildman–Crippen LogP) is 1.69. The maximum absolute atomic E-state index is 5.52. The fraction of sp³-hybridized carbons (Fsp3) is 0.500. The average Bonchev–Trinajstić information content (AvgIpc) is 2.29. The number of para-hydroxylation sites is 1. The van der Waals surface area contributed by atoms with Crippen molar-refractivity contribution in [3.8, 4) is 5.75 Å². The van der Waals surface area contributed by atoms with Gasteiger partial charge in [-0.25, -0.2) is 0 Å². The molecule has 0 saturated carbocycles. The Hall–Kier alpha value is -1.06. The molecule has 3 heteroatoms. The second kappa shape index (κ2) is 7.26. The molecule has 84 valence electrons. The van der Waals surface area contributed by atoms with Gasteiger partial charge in [-0.2, -0.15) is 0 Å². The Morgan fingerprint density at radius 1 is 1.27 bits per heavy atom. The lowest BCUT2D eigenvalue weighted by Crippen LogP contribution is -2.29. The average molecular weight is 209 g/mol. The fourth-order valence-corrected chi connectivity index (χ4v) is 1.15. The molecule has 1 N–H and O–H groups in total. The van der Waals surface area contributed by atoms with Crippen LogP contribution in [0.4, 0.5) is 0 Å². The van der Waals surface area contributed by atoms with E-state index in [1.807, 2.05) is 37.3 Å². The summed E-state index contributed by atoms with van der Waals surface area (Å²) in [4.78, 5) is 0. The van der Waals surface area contributed by atoms with Crippen LogP contribution in [0.25, 0.3) is 0 Å². The van der Waals surface area contributed by atoms with E-state index in [1.54, 1.807) is 7.11 Å². The van der Waals surface area contributed by atoms with Crippen LogP contribution in [-0.4, -0.2) is 32.9 Å². The van der Waals surface area contributed by atoms with Crippen LogP contribution in [0.5, 0.6) is 5.75 Å². The van der Waals surface area contributed by atoms with Gasteiger partial charge in [-0.05, 0) is 19.1 Å². The van der Waals surface area contributed by atoms with Gasteiger partial charge in [0.05, 0.1) is 6.10 Å². The van der Waals surface area contributed by atoms with Crippen molar-refractivity contribution in [2.75, 3.05) is 26.8 Å². The zero-order valence-electron chi connectivity index (χ0n) is 9.40. The van der Waals surface area contributed by atoms with E-state index in [0.717, 1.165) is 18.8 Å². The van der Waals surface area contributed by atoms with Crippen LogP contribution in [0.2, 0.25) is 0 Å². The lowest BCUT2D eigenvalue weighted by atomic mass is 10.3. The van der Waals surface area contributed by atoms with Crippen LogP contribution in [0, 0.1) is 0 Å². The molecule has 0 spiro atoms. The van der Waals surface area contributed by atoms with Gasteiger partial charge in [0, 0.05) is 20.2 Å². The maximum Gasteiger partial charge on any atom is 0.119 e. The Balaban J connectivity index is 2.03. The van der Waals surface area contributed by atoms with E-state index >= 15 is 0 Å².